The molecule has 0 bridgehead atoms. The first-order valence-electron chi connectivity index (χ1n) is 8.71. The van der Waals surface area contributed by atoms with E-state index in [4.69, 9.17) is 18.8 Å². The predicted octanol–water partition coefficient (Wildman–Crippen LogP) is 5.27. The van der Waals surface area contributed by atoms with Crippen molar-refractivity contribution in [1.29, 1.82) is 0 Å². The van der Waals surface area contributed by atoms with Gasteiger partial charge in [0.25, 0.3) is 0 Å². The number of halogens is 6. The normalized spacial score (nSPS) is 11.5. The Bertz CT molecular complexity index is 789. The summed E-state index contributed by atoms with van der Waals surface area (Å²) in [5.74, 6) is -2.01. The van der Waals surface area contributed by atoms with Crippen LogP contribution in [0.15, 0.2) is 36.4 Å². The van der Waals surface area contributed by atoms with Crippen molar-refractivity contribution in [2.45, 2.75) is 26.6 Å². The molecule has 31 heavy (non-hydrogen) atoms. The SMILES string of the molecule is CCOc1ccc(OC(F)(F)F)c(O[B]Oc2cc(OCC)ccc2OC(F)(F)F)c1. The molecule has 0 N–H and O–H groups in total. The van der Waals surface area contributed by atoms with Crippen LogP contribution in [-0.2, 0) is 0 Å². The third-order valence-electron chi connectivity index (χ3n) is 3.25. The van der Waals surface area contributed by atoms with Gasteiger partial charge >= 0.3 is 20.4 Å². The Hall–Kier alpha value is -3.12. The summed E-state index contributed by atoms with van der Waals surface area (Å²) in [6, 6.07) is 6.53. The monoisotopic (exact) mass is 453 g/mol. The third-order valence-corrected chi connectivity index (χ3v) is 3.25. The summed E-state index contributed by atoms with van der Waals surface area (Å²) in [7, 11) is 0.516. The van der Waals surface area contributed by atoms with Gasteiger partial charge in [-0.05, 0) is 38.1 Å². The second-order valence-electron chi connectivity index (χ2n) is 5.51. The summed E-state index contributed by atoms with van der Waals surface area (Å²) in [6.45, 7) is 3.76. The molecule has 0 spiro atoms. The second-order valence-corrected chi connectivity index (χ2v) is 5.51. The third kappa shape index (κ3) is 8.26. The number of benzene rings is 2. The number of ether oxygens (including phenoxy) is 4. The number of hydrogen-bond donors (Lipinski definition) is 0. The van der Waals surface area contributed by atoms with Crippen LogP contribution in [0.3, 0.4) is 0 Å². The van der Waals surface area contributed by atoms with Gasteiger partial charge in [0.1, 0.15) is 23.0 Å². The van der Waals surface area contributed by atoms with E-state index in [0.29, 0.717) is 7.69 Å². The lowest BCUT2D eigenvalue weighted by atomic mass is 10.2. The van der Waals surface area contributed by atoms with Crippen molar-refractivity contribution in [3.8, 4) is 34.5 Å². The minimum atomic E-state index is -5.01. The summed E-state index contributed by atoms with van der Waals surface area (Å²) in [4.78, 5) is 0. The smallest absolute Gasteiger partial charge is 0.524 e. The molecule has 0 amide bonds. The van der Waals surface area contributed by atoms with Crippen molar-refractivity contribution < 1.29 is 54.6 Å². The molecule has 0 heterocycles. The van der Waals surface area contributed by atoms with Crippen molar-refractivity contribution in [3.63, 3.8) is 0 Å². The minimum Gasteiger partial charge on any atom is -0.524 e. The van der Waals surface area contributed by atoms with Gasteiger partial charge < -0.3 is 28.3 Å². The Kier molecular flexibility index (Phi) is 8.00. The lowest BCUT2D eigenvalue weighted by molar-refractivity contribution is -0.275. The second kappa shape index (κ2) is 10.3. The highest BCUT2D eigenvalue weighted by atomic mass is 19.4. The molecule has 0 aliphatic heterocycles. The van der Waals surface area contributed by atoms with Crippen LogP contribution in [0.1, 0.15) is 13.8 Å². The molecule has 0 atom stereocenters. The first-order valence-corrected chi connectivity index (χ1v) is 8.71. The van der Waals surface area contributed by atoms with E-state index >= 15 is 0 Å². The van der Waals surface area contributed by atoms with Crippen LogP contribution < -0.4 is 28.3 Å². The van der Waals surface area contributed by atoms with Crippen LogP contribution in [0.5, 0.6) is 34.5 Å². The minimum absolute atomic E-state index is 0.167. The van der Waals surface area contributed by atoms with Gasteiger partial charge in [-0.1, -0.05) is 0 Å². The molecule has 169 valence electrons. The average molecular weight is 453 g/mol. The molecular formula is C18H16BF6O6. The van der Waals surface area contributed by atoms with Crippen LogP contribution in [0.2, 0.25) is 0 Å². The summed E-state index contributed by atoms with van der Waals surface area (Å²) in [5.41, 5.74) is 0. The van der Waals surface area contributed by atoms with Crippen LogP contribution in [0.25, 0.3) is 0 Å². The van der Waals surface area contributed by atoms with E-state index in [9.17, 15) is 26.3 Å². The first-order chi connectivity index (χ1) is 14.5. The van der Waals surface area contributed by atoms with E-state index in [0.717, 1.165) is 24.3 Å². The van der Waals surface area contributed by atoms with Gasteiger partial charge in [-0.2, -0.15) is 0 Å². The Morgan fingerprint density at radius 2 is 1.03 bits per heavy atom. The first kappa shape index (κ1) is 24.2. The van der Waals surface area contributed by atoms with Gasteiger partial charge in [0, 0.05) is 12.1 Å². The zero-order valence-electron chi connectivity index (χ0n) is 16.2. The Morgan fingerprint density at radius 3 is 1.35 bits per heavy atom. The fraction of sp³-hybridized carbons (Fsp3) is 0.333. The highest BCUT2D eigenvalue weighted by Crippen LogP contribution is 2.37. The number of rotatable bonds is 10. The van der Waals surface area contributed by atoms with Crippen molar-refractivity contribution in [3.05, 3.63) is 36.4 Å². The van der Waals surface area contributed by atoms with Crippen LogP contribution in [0.4, 0.5) is 26.3 Å². The van der Waals surface area contributed by atoms with E-state index in [1.165, 1.54) is 12.1 Å². The van der Waals surface area contributed by atoms with E-state index < -0.39 is 35.7 Å². The summed E-state index contributed by atoms with van der Waals surface area (Å²) in [6.07, 6.45) is -10.0. The van der Waals surface area contributed by atoms with Gasteiger partial charge in [0.15, 0.2) is 11.5 Å². The molecule has 0 unspecified atom stereocenters. The fourth-order valence-electron chi connectivity index (χ4n) is 2.22. The molecule has 13 heteroatoms. The van der Waals surface area contributed by atoms with Crippen molar-refractivity contribution in [2.75, 3.05) is 13.2 Å². The van der Waals surface area contributed by atoms with Crippen molar-refractivity contribution in [2.24, 2.45) is 0 Å². The summed E-state index contributed by atoms with van der Waals surface area (Å²) >= 11 is 0. The van der Waals surface area contributed by atoms with E-state index in [1.54, 1.807) is 13.8 Å². The maximum Gasteiger partial charge on any atom is 0.658 e. The zero-order chi connectivity index (χ0) is 23.1. The molecule has 0 saturated carbocycles. The van der Waals surface area contributed by atoms with Gasteiger partial charge in [0.2, 0.25) is 0 Å². The van der Waals surface area contributed by atoms with Gasteiger partial charge in [-0.3, -0.25) is 0 Å². The maximum absolute atomic E-state index is 12.6. The van der Waals surface area contributed by atoms with E-state index in [-0.39, 0.29) is 24.7 Å². The van der Waals surface area contributed by atoms with Crippen molar-refractivity contribution in [1.82, 2.24) is 0 Å². The number of hydrogen-bond acceptors (Lipinski definition) is 6. The summed E-state index contributed by atoms with van der Waals surface area (Å²) in [5, 5.41) is 0. The topological polar surface area (TPSA) is 55.4 Å². The lowest BCUT2D eigenvalue weighted by Crippen LogP contribution is -2.20. The Balaban J connectivity index is 2.21. The molecule has 0 aliphatic carbocycles. The molecule has 0 aromatic heterocycles. The Labute approximate surface area is 173 Å². The zero-order valence-corrected chi connectivity index (χ0v) is 16.2. The van der Waals surface area contributed by atoms with Crippen LogP contribution in [0, 0.1) is 0 Å². The molecule has 1 radical (unpaired) electrons. The number of alkyl halides is 6. The van der Waals surface area contributed by atoms with E-state index in [2.05, 4.69) is 9.47 Å². The molecule has 0 fully saturated rings. The molecule has 0 aliphatic rings. The molecule has 0 saturated heterocycles. The standard InChI is InChI=1S/C18H16BF6O6/c1-3-26-11-5-7-13(28-17(20,21)22)15(9-11)30-19-31-16-10-12(27-4-2)6-8-14(16)29-18(23,24)25/h5-10H,3-4H2,1-2H3. The van der Waals surface area contributed by atoms with Gasteiger partial charge in [-0.25, -0.2) is 0 Å². The summed E-state index contributed by atoms with van der Waals surface area (Å²) < 4.78 is 104. The van der Waals surface area contributed by atoms with Gasteiger partial charge in [0.05, 0.1) is 13.2 Å². The predicted molar refractivity (Wildman–Crippen MR) is 95.6 cm³/mol. The molecule has 2 aromatic carbocycles. The average Bonchev–Trinajstić information content (AvgIpc) is 2.64. The lowest BCUT2D eigenvalue weighted by Gasteiger charge is -2.17. The quantitative estimate of drug-likeness (QED) is 0.361. The highest BCUT2D eigenvalue weighted by molar-refractivity contribution is 6.21. The maximum atomic E-state index is 12.6. The van der Waals surface area contributed by atoms with Crippen molar-refractivity contribution >= 4 is 7.69 Å². The fourth-order valence-corrected chi connectivity index (χ4v) is 2.22. The molecular weight excluding hydrogens is 437 g/mol. The molecule has 2 rings (SSSR count). The van der Waals surface area contributed by atoms with Crippen LogP contribution in [-0.4, -0.2) is 33.6 Å². The highest BCUT2D eigenvalue weighted by Gasteiger charge is 2.34. The van der Waals surface area contributed by atoms with Gasteiger partial charge in [-0.15, -0.1) is 26.3 Å². The van der Waals surface area contributed by atoms with E-state index in [1.807, 2.05) is 0 Å². The molecule has 6 nitrogen and oxygen atoms in total. The van der Waals surface area contributed by atoms with Crippen LogP contribution >= 0.6 is 0 Å². The Morgan fingerprint density at radius 1 is 0.645 bits per heavy atom. The molecule has 2 aromatic rings. The largest absolute Gasteiger partial charge is 0.658 e.